The second kappa shape index (κ2) is 9.59. The summed E-state index contributed by atoms with van der Waals surface area (Å²) < 4.78 is 42.9. The zero-order valence-corrected chi connectivity index (χ0v) is 16.2. The van der Waals surface area contributed by atoms with E-state index >= 15 is 0 Å². The molecule has 146 valence electrons. The van der Waals surface area contributed by atoms with Crippen molar-refractivity contribution in [3.8, 4) is 22.3 Å². The van der Waals surface area contributed by atoms with Gasteiger partial charge in [0.05, 0.1) is 0 Å². The summed E-state index contributed by atoms with van der Waals surface area (Å²) in [6.07, 6.45) is 7.01. The van der Waals surface area contributed by atoms with Crippen molar-refractivity contribution in [2.75, 3.05) is 0 Å². The van der Waals surface area contributed by atoms with Gasteiger partial charge in [0.2, 0.25) is 0 Å². The van der Waals surface area contributed by atoms with E-state index in [0.717, 1.165) is 18.9 Å². The normalized spacial score (nSPS) is 11.0. The molecule has 0 aliphatic heterocycles. The number of benzene rings is 3. The molecule has 0 spiro atoms. The second-order valence-electron chi connectivity index (χ2n) is 7.12. The third kappa shape index (κ3) is 4.64. The molecule has 3 rings (SSSR count). The quantitative estimate of drug-likeness (QED) is 0.347. The number of unbranched alkanes of at least 4 members (excludes halogenated alkanes) is 4. The summed E-state index contributed by atoms with van der Waals surface area (Å²) in [7, 11) is 0. The van der Waals surface area contributed by atoms with E-state index in [1.807, 2.05) is 12.1 Å². The number of hydrogen-bond acceptors (Lipinski definition) is 0. The maximum Gasteiger partial charge on any atom is 0.167 e. The molecule has 0 unspecified atom stereocenters. The highest BCUT2D eigenvalue weighted by Crippen LogP contribution is 2.36. The van der Waals surface area contributed by atoms with E-state index in [9.17, 15) is 13.2 Å². The maximum absolute atomic E-state index is 14.7. The van der Waals surface area contributed by atoms with Crippen molar-refractivity contribution in [2.45, 2.75) is 45.4 Å². The molecule has 0 aliphatic rings. The summed E-state index contributed by atoms with van der Waals surface area (Å²) in [5.74, 6) is -2.35. The van der Waals surface area contributed by atoms with Gasteiger partial charge in [0, 0.05) is 11.1 Å². The van der Waals surface area contributed by atoms with Crippen molar-refractivity contribution in [1.82, 2.24) is 0 Å². The summed E-state index contributed by atoms with van der Waals surface area (Å²) in [6, 6.07) is 16.1. The van der Waals surface area contributed by atoms with Crippen LogP contribution in [0.25, 0.3) is 22.3 Å². The van der Waals surface area contributed by atoms with Gasteiger partial charge in [0.25, 0.3) is 0 Å². The van der Waals surface area contributed by atoms with Crippen molar-refractivity contribution < 1.29 is 13.2 Å². The molecule has 0 atom stereocenters. The molecule has 0 heterocycles. The lowest BCUT2D eigenvalue weighted by Gasteiger charge is -2.13. The van der Waals surface area contributed by atoms with Crippen molar-refractivity contribution in [3.05, 3.63) is 83.7 Å². The lowest BCUT2D eigenvalue weighted by molar-refractivity contribution is 0.511. The van der Waals surface area contributed by atoms with E-state index in [-0.39, 0.29) is 11.1 Å². The van der Waals surface area contributed by atoms with Crippen molar-refractivity contribution >= 4 is 0 Å². The fraction of sp³-hybridized carbons (Fsp3) is 0.280. The lowest BCUT2D eigenvalue weighted by atomic mass is 9.92. The third-order valence-corrected chi connectivity index (χ3v) is 5.07. The van der Waals surface area contributed by atoms with Gasteiger partial charge in [-0.25, -0.2) is 13.2 Å². The van der Waals surface area contributed by atoms with Crippen LogP contribution in [0.15, 0.2) is 60.7 Å². The molecule has 0 fully saturated rings. The van der Waals surface area contributed by atoms with Crippen molar-refractivity contribution in [3.63, 3.8) is 0 Å². The zero-order chi connectivity index (χ0) is 19.9. The molecule has 0 N–H and O–H groups in total. The molecule has 0 aromatic heterocycles. The highest BCUT2D eigenvalue weighted by Gasteiger charge is 2.18. The van der Waals surface area contributed by atoms with Crippen LogP contribution in [0.2, 0.25) is 0 Å². The number of halogens is 3. The lowest BCUT2D eigenvalue weighted by Crippen LogP contribution is -1.96. The Labute approximate surface area is 165 Å². The largest absolute Gasteiger partial charge is 0.206 e. The van der Waals surface area contributed by atoms with E-state index in [1.165, 1.54) is 43.4 Å². The molecule has 0 saturated carbocycles. The third-order valence-electron chi connectivity index (χ3n) is 5.07. The van der Waals surface area contributed by atoms with Gasteiger partial charge in [0.15, 0.2) is 11.6 Å². The van der Waals surface area contributed by atoms with Crippen LogP contribution in [0.4, 0.5) is 13.2 Å². The summed E-state index contributed by atoms with van der Waals surface area (Å²) in [6.45, 7) is 2.19. The summed E-state index contributed by atoms with van der Waals surface area (Å²) >= 11 is 0. The molecule has 28 heavy (non-hydrogen) atoms. The first kappa shape index (κ1) is 20.2. The summed E-state index contributed by atoms with van der Waals surface area (Å²) in [5, 5.41) is 0. The van der Waals surface area contributed by atoms with E-state index < -0.39 is 17.5 Å². The Bertz CT molecular complexity index is 914. The van der Waals surface area contributed by atoms with Crippen LogP contribution in [0.5, 0.6) is 0 Å². The molecular formula is C25H25F3. The molecule has 0 radical (unpaired) electrons. The van der Waals surface area contributed by atoms with Crippen LogP contribution in [0.1, 0.15) is 44.6 Å². The fourth-order valence-corrected chi connectivity index (χ4v) is 3.51. The van der Waals surface area contributed by atoms with Gasteiger partial charge < -0.3 is 0 Å². The van der Waals surface area contributed by atoms with Crippen LogP contribution in [0.3, 0.4) is 0 Å². The minimum absolute atomic E-state index is 0.0968. The average Bonchev–Trinajstić information content (AvgIpc) is 2.71. The topological polar surface area (TPSA) is 0 Å². The van der Waals surface area contributed by atoms with Gasteiger partial charge in [-0.2, -0.15) is 0 Å². The Morgan fingerprint density at radius 2 is 1.36 bits per heavy atom. The Balaban J connectivity index is 1.89. The molecule has 0 bridgehead atoms. The van der Waals surface area contributed by atoms with Gasteiger partial charge in [-0.15, -0.1) is 0 Å². The Morgan fingerprint density at radius 3 is 2.07 bits per heavy atom. The predicted molar refractivity (Wildman–Crippen MR) is 110 cm³/mol. The minimum atomic E-state index is -0.951. The molecule has 3 aromatic rings. The molecule has 0 amide bonds. The number of rotatable bonds is 8. The molecule has 0 nitrogen and oxygen atoms in total. The van der Waals surface area contributed by atoms with E-state index in [0.29, 0.717) is 11.1 Å². The number of hydrogen-bond donors (Lipinski definition) is 0. The second-order valence-corrected chi connectivity index (χ2v) is 7.12. The first-order valence-corrected chi connectivity index (χ1v) is 9.94. The van der Waals surface area contributed by atoms with E-state index in [1.54, 1.807) is 30.3 Å². The van der Waals surface area contributed by atoms with Crippen molar-refractivity contribution in [2.24, 2.45) is 0 Å². The van der Waals surface area contributed by atoms with Crippen molar-refractivity contribution in [1.29, 1.82) is 0 Å². The fourth-order valence-electron chi connectivity index (χ4n) is 3.51. The minimum Gasteiger partial charge on any atom is -0.206 e. The van der Waals surface area contributed by atoms with Gasteiger partial charge in [-0.1, -0.05) is 81.1 Å². The molecular weight excluding hydrogens is 357 g/mol. The van der Waals surface area contributed by atoms with Gasteiger partial charge in [-0.05, 0) is 41.7 Å². The van der Waals surface area contributed by atoms with E-state index in [4.69, 9.17) is 0 Å². The summed E-state index contributed by atoms with van der Waals surface area (Å²) in [5.41, 5.74) is 2.43. The van der Waals surface area contributed by atoms with E-state index in [2.05, 4.69) is 6.92 Å². The van der Waals surface area contributed by atoms with Crippen LogP contribution < -0.4 is 0 Å². The van der Waals surface area contributed by atoms with Gasteiger partial charge >= 0.3 is 0 Å². The van der Waals surface area contributed by atoms with Gasteiger partial charge in [-0.3, -0.25) is 0 Å². The maximum atomic E-state index is 14.7. The van der Waals surface area contributed by atoms with Crippen LogP contribution in [0, 0.1) is 17.5 Å². The Kier molecular flexibility index (Phi) is 6.91. The number of aryl methyl sites for hydroxylation is 1. The Hall–Kier alpha value is -2.55. The first-order chi connectivity index (χ1) is 13.6. The SMILES string of the molecule is CCCCCCCc1ccc(-c2c(-c3ccccc3F)ccc(F)c2F)cc1. The highest BCUT2D eigenvalue weighted by atomic mass is 19.2. The van der Waals surface area contributed by atoms with Crippen LogP contribution >= 0.6 is 0 Å². The first-order valence-electron chi connectivity index (χ1n) is 9.94. The average molecular weight is 382 g/mol. The monoisotopic (exact) mass is 382 g/mol. The highest BCUT2D eigenvalue weighted by molar-refractivity contribution is 5.84. The standard InChI is InChI=1S/C25H25F3/c1-2-3-4-5-6-9-18-12-14-19(15-13-18)24-21(16-17-23(27)25(24)28)20-10-7-8-11-22(20)26/h7-8,10-17H,2-6,9H2,1H3. The zero-order valence-electron chi connectivity index (χ0n) is 16.2. The van der Waals surface area contributed by atoms with Crippen LogP contribution in [-0.2, 0) is 6.42 Å². The summed E-state index contributed by atoms with van der Waals surface area (Å²) in [4.78, 5) is 0. The Morgan fingerprint density at radius 1 is 0.643 bits per heavy atom. The predicted octanol–water partition coefficient (Wildman–Crippen LogP) is 7.95. The molecule has 3 aromatic carbocycles. The van der Waals surface area contributed by atoms with Crippen LogP contribution in [-0.4, -0.2) is 0 Å². The molecule has 0 aliphatic carbocycles. The smallest absolute Gasteiger partial charge is 0.167 e. The van der Waals surface area contributed by atoms with Gasteiger partial charge in [0.1, 0.15) is 5.82 Å². The molecule has 3 heteroatoms. The molecule has 0 saturated heterocycles.